The highest BCUT2D eigenvalue weighted by atomic mass is 32.2. The van der Waals surface area contributed by atoms with E-state index in [0.717, 1.165) is 6.54 Å². The Bertz CT molecular complexity index is 470. The van der Waals surface area contributed by atoms with Gasteiger partial charge in [0.2, 0.25) is 0 Å². The van der Waals surface area contributed by atoms with Crippen LogP contribution < -0.4 is 5.32 Å². The summed E-state index contributed by atoms with van der Waals surface area (Å²) < 4.78 is 23.8. The zero-order valence-electron chi connectivity index (χ0n) is 13.9. The summed E-state index contributed by atoms with van der Waals surface area (Å²) in [6, 6.07) is -0.0230. The van der Waals surface area contributed by atoms with Gasteiger partial charge >= 0.3 is 6.03 Å². The van der Waals surface area contributed by atoms with Crippen molar-refractivity contribution in [2.75, 3.05) is 25.4 Å². The number of rotatable bonds is 4. The van der Waals surface area contributed by atoms with E-state index in [9.17, 15) is 13.2 Å². The summed E-state index contributed by atoms with van der Waals surface area (Å²) in [4.78, 5) is 14.0. The molecule has 128 valence electrons. The fourth-order valence-electron chi connectivity index (χ4n) is 3.68. The number of carbonyl (C=O) groups is 1. The van der Waals surface area contributed by atoms with Crippen LogP contribution in [0.3, 0.4) is 0 Å². The van der Waals surface area contributed by atoms with Crippen LogP contribution in [0.25, 0.3) is 0 Å². The van der Waals surface area contributed by atoms with E-state index in [1.807, 2.05) is 0 Å². The summed E-state index contributed by atoms with van der Waals surface area (Å²) >= 11 is 0. The Kier molecular flexibility index (Phi) is 6.12. The molecule has 0 bridgehead atoms. The van der Waals surface area contributed by atoms with Crippen molar-refractivity contribution in [3.63, 3.8) is 0 Å². The molecule has 0 aromatic rings. The van der Waals surface area contributed by atoms with E-state index in [-0.39, 0.29) is 17.0 Å². The van der Waals surface area contributed by atoms with E-state index in [1.54, 1.807) is 11.8 Å². The SMILES string of the molecule is CCS(=O)(=O)C1CCN(C(=O)NC[C@H]2CCCC[C@@H]2C)CC1. The number of piperidine rings is 1. The molecule has 0 unspecified atom stereocenters. The minimum Gasteiger partial charge on any atom is -0.338 e. The zero-order chi connectivity index (χ0) is 16.2. The van der Waals surface area contributed by atoms with Crippen LogP contribution in [-0.4, -0.2) is 50.0 Å². The Labute approximate surface area is 134 Å². The molecule has 5 nitrogen and oxygen atoms in total. The van der Waals surface area contributed by atoms with E-state index in [1.165, 1.54) is 25.7 Å². The van der Waals surface area contributed by atoms with Gasteiger partial charge in [0.1, 0.15) is 0 Å². The Morgan fingerprint density at radius 3 is 2.36 bits per heavy atom. The number of nitrogens with one attached hydrogen (secondary N) is 1. The average molecular weight is 330 g/mol. The molecule has 2 atom stereocenters. The van der Waals surface area contributed by atoms with Gasteiger partial charge in [-0.15, -0.1) is 0 Å². The minimum absolute atomic E-state index is 0.0230. The van der Waals surface area contributed by atoms with Gasteiger partial charge in [-0.3, -0.25) is 0 Å². The Balaban J connectivity index is 1.75. The predicted molar refractivity (Wildman–Crippen MR) is 88.6 cm³/mol. The molecule has 2 fully saturated rings. The zero-order valence-corrected chi connectivity index (χ0v) is 14.7. The van der Waals surface area contributed by atoms with Crippen molar-refractivity contribution >= 4 is 15.9 Å². The Morgan fingerprint density at radius 1 is 1.14 bits per heavy atom. The van der Waals surface area contributed by atoms with Gasteiger partial charge in [0.05, 0.1) is 5.25 Å². The maximum Gasteiger partial charge on any atom is 0.317 e. The molecule has 1 N–H and O–H groups in total. The first-order valence-corrected chi connectivity index (χ1v) is 10.4. The number of nitrogens with zero attached hydrogens (tertiary/aromatic N) is 1. The lowest BCUT2D eigenvalue weighted by Crippen LogP contribution is -2.48. The first-order valence-electron chi connectivity index (χ1n) is 8.68. The molecule has 2 amide bonds. The van der Waals surface area contributed by atoms with E-state index >= 15 is 0 Å². The van der Waals surface area contributed by atoms with Crippen LogP contribution in [0.1, 0.15) is 52.4 Å². The molecule has 1 heterocycles. The second kappa shape index (κ2) is 7.66. The highest BCUT2D eigenvalue weighted by Crippen LogP contribution is 2.29. The van der Waals surface area contributed by atoms with Crippen molar-refractivity contribution in [1.29, 1.82) is 0 Å². The van der Waals surface area contributed by atoms with Gasteiger partial charge in [0.25, 0.3) is 0 Å². The molecule has 1 aliphatic carbocycles. The molecule has 2 aliphatic rings. The number of amides is 2. The van der Waals surface area contributed by atoms with Crippen molar-refractivity contribution in [3.05, 3.63) is 0 Å². The van der Waals surface area contributed by atoms with Crippen LogP contribution in [-0.2, 0) is 9.84 Å². The van der Waals surface area contributed by atoms with Crippen molar-refractivity contribution in [2.24, 2.45) is 11.8 Å². The highest BCUT2D eigenvalue weighted by Gasteiger charge is 2.30. The summed E-state index contributed by atoms with van der Waals surface area (Å²) in [5.41, 5.74) is 0. The molecule has 1 saturated carbocycles. The molecule has 6 heteroatoms. The normalized spacial score (nSPS) is 27.6. The number of carbonyl (C=O) groups excluding carboxylic acids is 1. The van der Waals surface area contributed by atoms with Crippen LogP contribution in [0.5, 0.6) is 0 Å². The second-order valence-corrected chi connectivity index (χ2v) is 9.42. The number of sulfone groups is 1. The first kappa shape index (κ1) is 17.6. The van der Waals surface area contributed by atoms with Crippen molar-refractivity contribution in [1.82, 2.24) is 10.2 Å². The summed E-state index contributed by atoms with van der Waals surface area (Å²) in [5, 5.41) is 2.79. The van der Waals surface area contributed by atoms with E-state index < -0.39 is 9.84 Å². The number of likely N-dealkylation sites (tertiary alicyclic amines) is 1. The third kappa shape index (κ3) is 4.37. The number of hydrogen-bond acceptors (Lipinski definition) is 3. The largest absolute Gasteiger partial charge is 0.338 e. The number of urea groups is 1. The minimum atomic E-state index is -2.97. The summed E-state index contributed by atoms with van der Waals surface area (Å²) in [5.74, 6) is 1.48. The second-order valence-electron chi connectivity index (χ2n) is 6.85. The van der Waals surface area contributed by atoms with Crippen molar-refractivity contribution in [3.8, 4) is 0 Å². The fourth-order valence-corrected chi connectivity index (χ4v) is 5.08. The lowest BCUT2D eigenvalue weighted by Gasteiger charge is -2.33. The molecule has 1 aliphatic heterocycles. The monoisotopic (exact) mass is 330 g/mol. The Morgan fingerprint density at radius 2 is 1.77 bits per heavy atom. The lowest BCUT2D eigenvalue weighted by atomic mass is 9.80. The molecular weight excluding hydrogens is 300 g/mol. The molecule has 1 saturated heterocycles. The van der Waals surface area contributed by atoms with Crippen molar-refractivity contribution < 1.29 is 13.2 Å². The maximum absolute atomic E-state index is 12.2. The van der Waals surface area contributed by atoms with E-state index in [2.05, 4.69) is 12.2 Å². The molecule has 0 aromatic heterocycles. The molecule has 0 spiro atoms. The maximum atomic E-state index is 12.2. The Hall–Kier alpha value is -0.780. The molecule has 0 radical (unpaired) electrons. The van der Waals surface area contributed by atoms with Crippen LogP contribution in [0, 0.1) is 11.8 Å². The van der Waals surface area contributed by atoms with Gasteiger partial charge in [0, 0.05) is 25.4 Å². The van der Waals surface area contributed by atoms with E-state index in [0.29, 0.717) is 37.8 Å². The number of hydrogen-bond donors (Lipinski definition) is 1. The molecule has 2 rings (SSSR count). The van der Waals surface area contributed by atoms with Gasteiger partial charge in [0.15, 0.2) is 9.84 Å². The molecular formula is C16H30N2O3S. The van der Waals surface area contributed by atoms with Gasteiger partial charge in [-0.05, 0) is 31.1 Å². The van der Waals surface area contributed by atoms with Crippen LogP contribution in [0.2, 0.25) is 0 Å². The third-order valence-electron chi connectivity index (χ3n) is 5.44. The predicted octanol–water partition coefficient (Wildman–Crippen LogP) is 2.42. The quantitative estimate of drug-likeness (QED) is 0.861. The standard InChI is InChI=1S/C16H30N2O3S/c1-3-22(20,21)15-8-10-18(11-9-15)16(19)17-12-14-7-5-4-6-13(14)2/h13-15H,3-12H2,1-2H3,(H,17,19)/t13-,14+/m0/s1. The summed E-state index contributed by atoms with van der Waals surface area (Å²) in [6.45, 7) is 5.83. The topological polar surface area (TPSA) is 66.5 Å². The summed E-state index contributed by atoms with van der Waals surface area (Å²) in [7, 11) is -2.97. The van der Waals surface area contributed by atoms with Gasteiger partial charge in [-0.1, -0.05) is 33.1 Å². The molecule has 22 heavy (non-hydrogen) atoms. The molecule has 0 aromatic carbocycles. The van der Waals surface area contributed by atoms with Crippen LogP contribution in [0.15, 0.2) is 0 Å². The van der Waals surface area contributed by atoms with E-state index in [4.69, 9.17) is 0 Å². The third-order valence-corrected chi connectivity index (χ3v) is 7.74. The fraction of sp³-hybridized carbons (Fsp3) is 0.938. The first-order chi connectivity index (χ1) is 10.4. The van der Waals surface area contributed by atoms with Gasteiger partial charge in [-0.25, -0.2) is 13.2 Å². The van der Waals surface area contributed by atoms with Crippen LogP contribution >= 0.6 is 0 Å². The van der Waals surface area contributed by atoms with Crippen LogP contribution in [0.4, 0.5) is 4.79 Å². The average Bonchev–Trinajstić information content (AvgIpc) is 2.54. The smallest absolute Gasteiger partial charge is 0.317 e. The van der Waals surface area contributed by atoms with Gasteiger partial charge < -0.3 is 10.2 Å². The summed E-state index contributed by atoms with van der Waals surface area (Å²) in [6.07, 6.45) is 6.20. The van der Waals surface area contributed by atoms with Crippen molar-refractivity contribution in [2.45, 2.75) is 57.6 Å². The van der Waals surface area contributed by atoms with Gasteiger partial charge in [-0.2, -0.15) is 0 Å². The lowest BCUT2D eigenvalue weighted by molar-refractivity contribution is 0.178. The highest BCUT2D eigenvalue weighted by molar-refractivity contribution is 7.92.